The topological polar surface area (TPSA) is 58.9 Å². The van der Waals surface area contributed by atoms with Crippen LogP contribution in [0.4, 0.5) is 0 Å². The number of aliphatic hydroxyl groups excluding tert-OH is 2. The number of hydrogen-bond acceptors (Lipinski definition) is 4. The molecule has 3 aliphatic rings. The van der Waals surface area contributed by atoms with Gasteiger partial charge in [0.2, 0.25) is 0 Å². The molecule has 8 atom stereocenters. The summed E-state index contributed by atoms with van der Waals surface area (Å²) in [6.07, 6.45) is 2.18. The van der Waals surface area contributed by atoms with Gasteiger partial charge in [0.05, 0.1) is 24.4 Å². The molecule has 3 heterocycles. The predicted molar refractivity (Wildman–Crippen MR) is 66.0 cm³/mol. The first-order chi connectivity index (χ1) is 8.69. The maximum absolute atomic E-state index is 9.18. The van der Waals surface area contributed by atoms with Crippen LogP contribution in [-0.4, -0.2) is 47.8 Å². The summed E-state index contributed by atoms with van der Waals surface area (Å²) in [5, 5.41) is 18.4. The van der Waals surface area contributed by atoms with Gasteiger partial charge < -0.3 is 19.7 Å². The van der Waals surface area contributed by atoms with Gasteiger partial charge in [0, 0.05) is 25.0 Å². The monoisotopic (exact) mass is 256 g/mol. The Labute approximate surface area is 108 Å². The normalized spacial score (nSPS) is 54.0. The molecule has 0 aromatic carbocycles. The Morgan fingerprint density at radius 1 is 0.778 bits per heavy atom. The van der Waals surface area contributed by atoms with Gasteiger partial charge in [-0.05, 0) is 24.7 Å². The maximum Gasteiger partial charge on any atom is 0.0665 e. The lowest BCUT2D eigenvalue weighted by Crippen LogP contribution is -2.41. The van der Waals surface area contributed by atoms with E-state index in [2.05, 4.69) is 13.8 Å². The van der Waals surface area contributed by atoms with Crippen LogP contribution >= 0.6 is 0 Å². The molecule has 0 radical (unpaired) electrons. The maximum atomic E-state index is 9.18. The molecule has 0 aromatic heterocycles. The van der Waals surface area contributed by atoms with Gasteiger partial charge in [-0.25, -0.2) is 0 Å². The SMILES string of the molecule is CC1C(C)C2OC1C1C(CCO)OC(CCO)C21. The first-order valence-electron chi connectivity index (χ1n) is 7.21. The summed E-state index contributed by atoms with van der Waals surface area (Å²) in [5.74, 6) is 2.00. The van der Waals surface area contributed by atoms with E-state index in [0.29, 0.717) is 36.5 Å². The molecule has 0 aliphatic carbocycles. The highest BCUT2D eigenvalue weighted by Gasteiger charge is 2.63. The first-order valence-corrected chi connectivity index (χ1v) is 7.21. The van der Waals surface area contributed by atoms with Gasteiger partial charge in [0.15, 0.2) is 0 Å². The zero-order chi connectivity index (χ0) is 12.9. The van der Waals surface area contributed by atoms with Crippen LogP contribution < -0.4 is 0 Å². The number of hydrogen-bond donors (Lipinski definition) is 2. The fourth-order valence-corrected chi connectivity index (χ4v) is 4.45. The molecule has 0 amide bonds. The van der Waals surface area contributed by atoms with E-state index in [-0.39, 0.29) is 37.6 Å². The summed E-state index contributed by atoms with van der Waals surface area (Å²) in [6, 6.07) is 0. The molecule has 0 saturated carbocycles. The summed E-state index contributed by atoms with van der Waals surface area (Å²) < 4.78 is 12.3. The lowest BCUT2D eigenvalue weighted by atomic mass is 9.67. The summed E-state index contributed by atoms with van der Waals surface area (Å²) in [5.41, 5.74) is 0. The van der Waals surface area contributed by atoms with Crippen molar-refractivity contribution in [3.63, 3.8) is 0 Å². The highest BCUT2D eigenvalue weighted by atomic mass is 16.5. The molecule has 4 nitrogen and oxygen atoms in total. The van der Waals surface area contributed by atoms with E-state index in [1.807, 2.05) is 0 Å². The lowest BCUT2D eigenvalue weighted by Gasteiger charge is -2.33. The van der Waals surface area contributed by atoms with Gasteiger partial charge in [-0.15, -0.1) is 0 Å². The smallest absolute Gasteiger partial charge is 0.0665 e. The van der Waals surface area contributed by atoms with Crippen LogP contribution in [0, 0.1) is 23.7 Å². The lowest BCUT2D eigenvalue weighted by molar-refractivity contribution is -0.0450. The Bertz CT molecular complexity index is 280. The predicted octanol–water partition coefficient (Wildman–Crippen LogP) is 0.804. The van der Waals surface area contributed by atoms with Crippen LogP contribution in [0.5, 0.6) is 0 Å². The molecule has 3 rings (SSSR count). The number of aliphatic hydroxyl groups is 2. The summed E-state index contributed by atoms with van der Waals surface area (Å²) >= 11 is 0. The summed E-state index contributed by atoms with van der Waals surface area (Å²) in [4.78, 5) is 0. The zero-order valence-electron chi connectivity index (χ0n) is 11.2. The quantitative estimate of drug-likeness (QED) is 0.781. The van der Waals surface area contributed by atoms with Gasteiger partial charge in [0.25, 0.3) is 0 Å². The molecular weight excluding hydrogens is 232 g/mol. The van der Waals surface area contributed by atoms with Gasteiger partial charge in [-0.3, -0.25) is 0 Å². The van der Waals surface area contributed by atoms with E-state index in [0.717, 1.165) is 0 Å². The van der Waals surface area contributed by atoms with Crippen molar-refractivity contribution in [2.75, 3.05) is 13.2 Å². The third-order valence-electron chi connectivity index (χ3n) is 5.42. The zero-order valence-corrected chi connectivity index (χ0v) is 11.2. The molecule has 0 spiro atoms. The van der Waals surface area contributed by atoms with E-state index in [1.54, 1.807) is 0 Å². The largest absolute Gasteiger partial charge is 0.396 e. The van der Waals surface area contributed by atoms with Gasteiger partial charge in [-0.1, -0.05) is 13.8 Å². The molecule has 3 fully saturated rings. The van der Waals surface area contributed by atoms with Crippen molar-refractivity contribution in [3.05, 3.63) is 0 Å². The van der Waals surface area contributed by atoms with E-state index < -0.39 is 0 Å². The Balaban J connectivity index is 1.82. The van der Waals surface area contributed by atoms with E-state index >= 15 is 0 Å². The number of rotatable bonds is 4. The fraction of sp³-hybridized carbons (Fsp3) is 1.00. The molecule has 0 aromatic rings. The second-order valence-corrected chi connectivity index (χ2v) is 6.18. The average Bonchev–Trinajstić information content (AvgIpc) is 2.96. The Morgan fingerprint density at radius 2 is 1.22 bits per heavy atom. The van der Waals surface area contributed by atoms with E-state index in [1.165, 1.54) is 0 Å². The number of ether oxygens (including phenoxy) is 2. The molecule has 104 valence electrons. The molecule has 18 heavy (non-hydrogen) atoms. The van der Waals surface area contributed by atoms with E-state index in [4.69, 9.17) is 9.47 Å². The Kier molecular flexibility index (Phi) is 3.39. The van der Waals surface area contributed by atoms with Crippen molar-refractivity contribution >= 4 is 0 Å². The Morgan fingerprint density at radius 3 is 1.61 bits per heavy atom. The Hall–Kier alpha value is -0.160. The highest BCUT2D eigenvalue weighted by molar-refractivity contribution is 5.10. The van der Waals surface area contributed by atoms with Crippen LogP contribution in [0.15, 0.2) is 0 Å². The fourth-order valence-electron chi connectivity index (χ4n) is 4.45. The van der Waals surface area contributed by atoms with Crippen LogP contribution in [0.3, 0.4) is 0 Å². The highest BCUT2D eigenvalue weighted by Crippen LogP contribution is 2.57. The van der Waals surface area contributed by atoms with Crippen molar-refractivity contribution < 1.29 is 19.7 Å². The van der Waals surface area contributed by atoms with Crippen LogP contribution in [0.2, 0.25) is 0 Å². The van der Waals surface area contributed by atoms with Crippen molar-refractivity contribution in [1.82, 2.24) is 0 Å². The minimum Gasteiger partial charge on any atom is -0.396 e. The second-order valence-electron chi connectivity index (χ2n) is 6.18. The van der Waals surface area contributed by atoms with Crippen molar-refractivity contribution in [2.24, 2.45) is 23.7 Å². The third-order valence-corrected chi connectivity index (χ3v) is 5.42. The molecule has 3 saturated heterocycles. The standard InChI is InChI=1S/C14H24O4/c1-7-8(2)14-12-10(4-6-16)17-9(3-5-15)11(12)13(7)18-14/h7-16H,3-6H2,1-2H3. The van der Waals surface area contributed by atoms with Crippen LogP contribution in [0.1, 0.15) is 26.7 Å². The molecule has 8 unspecified atom stereocenters. The molecule has 4 heteroatoms. The summed E-state index contributed by atoms with van der Waals surface area (Å²) in [6.45, 7) is 4.87. The minimum absolute atomic E-state index is 0.112. The molecule has 3 aliphatic heterocycles. The number of fused-ring (bicyclic) bond motifs is 5. The third kappa shape index (κ3) is 1.66. The van der Waals surface area contributed by atoms with Crippen LogP contribution in [-0.2, 0) is 9.47 Å². The summed E-state index contributed by atoms with van der Waals surface area (Å²) in [7, 11) is 0. The molecule has 2 bridgehead atoms. The van der Waals surface area contributed by atoms with Crippen molar-refractivity contribution in [1.29, 1.82) is 0 Å². The van der Waals surface area contributed by atoms with E-state index in [9.17, 15) is 10.2 Å². The first kappa shape index (κ1) is 12.9. The second kappa shape index (κ2) is 4.75. The van der Waals surface area contributed by atoms with Gasteiger partial charge >= 0.3 is 0 Å². The molecular formula is C14H24O4. The van der Waals surface area contributed by atoms with Gasteiger partial charge in [0.1, 0.15) is 0 Å². The van der Waals surface area contributed by atoms with Gasteiger partial charge in [-0.2, -0.15) is 0 Å². The minimum atomic E-state index is 0.112. The van der Waals surface area contributed by atoms with Crippen molar-refractivity contribution in [2.45, 2.75) is 51.1 Å². The van der Waals surface area contributed by atoms with Crippen LogP contribution in [0.25, 0.3) is 0 Å². The van der Waals surface area contributed by atoms with Crippen molar-refractivity contribution in [3.8, 4) is 0 Å². The average molecular weight is 256 g/mol. The molecule has 2 N–H and O–H groups in total.